The Morgan fingerprint density at radius 2 is 1.48 bits per heavy atom. The third-order valence-corrected chi connectivity index (χ3v) is 4.30. The summed E-state index contributed by atoms with van der Waals surface area (Å²) in [4.78, 5) is 8.79. The van der Waals surface area contributed by atoms with Crippen LogP contribution in [0.4, 0.5) is 0 Å². The molecule has 0 aliphatic carbocycles. The molecule has 158 valence electrons. The average Bonchev–Trinajstić information content (AvgIpc) is 2.76. The highest BCUT2D eigenvalue weighted by atomic mass is 16.5. The zero-order valence-electron chi connectivity index (χ0n) is 17.8. The normalized spacial score (nSPS) is 11.1. The van der Waals surface area contributed by atoms with Gasteiger partial charge in [-0.05, 0) is 49.9 Å². The minimum Gasteiger partial charge on any atom is -0.494 e. The van der Waals surface area contributed by atoms with Crippen LogP contribution in [0.3, 0.4) is 0 Å². The van der Waals surface area contributed by atoms with Crippen LogP contribution in [-0.2, 0) is 4.74 Å². The third-order valence-electron chi connectivity index (χ3n) is 4.30. The summed E-state index contributed by atoms with van der Waals surface area (Å²) in [5.41, 5.74) is 0.955. The van der Waals surface area contributed by atoms with Crippen LogP contribution in [0.15, 0.2) is 48.8 Å². The Morgan fingerprint density at radius 1 is 0.759 bits per heavy atom. The van der Waals surface area contributed by atoms with E-state index in [1.54, 1.807) is 12.4 Å². The summed E-state index contributed by atoms with van der Waals surface area (Å²) < 4.78 is 17.0. The number of hydrogen-bond donors (Lipinski definition) is 0. The maximum Gasteiger partial charge on any atom is 0.159 e. The molecule has 2 rings (SSSR count). The highest BCUT2D eigenvalue weighted by molar-refractivity contribution is 5.56. The van der Waals surface area contributed by atoms with Crippen LogP contribution >= 0.6 is 0 Å². The van der Waals surface area contributed by atoms with Gasteiger partial charge in [0.2, 0.25) is 0 Å². The van der Waals surface area contributed by atoms with Crippen molar-refractivity contribution < 1.29 is 14.2 Å². The molecule has 0 radical (unpaired) electrons. The van der Waals surface area contributed by atoms with E-state index in [2.05, 4.69) is 29.9 Å². The van der Waals surface area contributed by atoms with E-state index in [1.807, 2.05) is 30.3 Å². The van der Waals surface area contributed by atoms with Gasteiger partial charge in [-0.3, -0.25) is 0 Å². The molecule has 0 atom stereocenters. The van der Waals surface area contributed by atoms with E-state index in [1.165, 1.54) is 6.42 Å². The second-order valence-electron chi connectivity index (χ2n) is 6.86. The number of benzene rings is 1. The minimum atomic E-state index is 0.541. The van der Waals surface area contributed by atoms with Crippen molar-refractivity contribution in [2.75, 3.05) is 26.4 Å². The predicted molar refractivity (Wildman–Crippen MR) is 117 cm³/mol. The van der Waals surface area contributed by atoms with Gasteiger partial charge in [0.1, 0.15) is 12.4 Å². The minimum absolute atomic E-state index is 0.541. The quantitative estimate of drug-likeness (QED) is 0.278. The number of aromatic nitrogens is 2. The molecule has 0 N–H and O–H groups in total. The molecule has 0 saturated heterocycles. The lowest BCUT2D eigenvalue weighted by Gasteiger charge is -2.08. The molecule has 1 aromatic carbocycles. The number of hydrogen-bond acceptors (Lipinski definition) is 5. The third kappa shape index (κ3) is 9.57. The van der Waals surface area contributed by atoms with E-state index in [4.69, 9.17) is 14.2 Å². The Labute approximate surface area is 175 Å². The van der Waals surface area contributed by atoms with Gasteiger partial charge in [-0.15, -0.1) is 0 Å². The zero-order valence-corrected chi connectivity index (χ0v) is 17.8. The first kappa shape index (κ1) is 22.9. The summed E-state index contributed by atoms with van der Waals surface area (Å²) in [6.45, 7) is 7.25. The highest BCUT2D eigenvalue weighted by Crippen LogP contribution is 2.20. The van der Waals surface area contributed by atoms with Gasteiger partial charge >= 0.3 is 0 Å². The lowest BCUT2D eigenvalue weighted by Crippen LogP contribution is -2.01. The number of rotatable bonds is 15. The zero-order chi connectivity index (χ0) is 20.6. The molecule has 2 aromatic rings. The van der Waals surface area contributed by atoms with E-state index in [0.717, 1.165) is 56.6 Å². The van der Waals surface area contributed by atoms with Gasteiger partial charge in [0, 0.05) is 18.8 Å². The van der Waals surface area contributed by atoms with Gasteiger partial charge < -0.3 is 14.2 Å². The number of allylic oxidation sites excluding steroid dienone is 1. The summed E-state index contributed by atoms with van der Waals surface area (Å²) in [6, 6.07) is 7.87. The Hall–Kier alpha value is -2.40. The van der Waals surface area contributed by atoms with E-state index < -0.39 is 0 Å². The molecule has 5 heteroatoms. The number of unbranched alkanes of at least 4 members (excludes halogenated alkanes) is 3. The molecule has 0 unspecified atom stereocenters. The summed E-state index contributed by atoms with van der Waals surface area (Å²) in [7, 11) is 0. The smallest absolute Gasteiger partial charge is 0.159 e. The second-order valence-corrected chi connectivity index (χ2v) is 6.86. The molecular formula is C24H34N2O3. The maximum absolute atomic E-state index is 5.79. The SMILES string of the molecule is CCCC=CCOc1cnc(-c2ccc(OCCCCOCCCC)cc2)nc1. The van der Waals surface area contributed by atoms with Crippen LogP contribution in [0.1, 0.15) is 52.4 Å². The fraction of sp³-hybridized carbons (Fsp3) is 0.500. The van der Waals surface area contributed by atoms with Crippen LogP contribution in [-0.4, -0.2) is 36.4 Å². The van der Waals surface area contributed by atoms with Crippen molar-refractivity contribution >= 4 is 0 Å². The molecule has 0 saturated carbocycles. The van der Waals surface area contributed by atoms with Crippen molar-refractivity contribution in [2.24, 2.45) is 0 Å². The summed E-state index contributed by atoms with van der Waals surface area (Å²) >= 11 is 0. The van der Waals surface area contributed by atoms with Gasteiger partial charge in [0.15, 0.2) is 11.6 Å². The molecule has 29 heavy (non-hydrogen) atoms. The van der Waals surface area contributed by atoms with Crippen molar-refractivity contribution in [3.8, 4) is 22.9 Å². The first-order valence-electron chi connectivity index (χ1n) is 10.7. The van der Waals surface area contributed by atoms with E-state index >= 15 is 0 Å². The summed E-state index contributed by atoms with van der Waals surface area (Å²) in [5, 5.41) is 0. The Kier molecular flexibility index (Phi) is 11.5. The van der Waals surface area contributed by atoms with Crippen molar-refractivity contribution in [3.63, 3.8) is 0 Å². The molecule has 0 aliphatic rings. The van der Waals surface area contributed by atoms with Crippen molar-refractivity contribution in [1.29, 1.82) is 0 Å². The Bertz CT molecular complexity index is 684. The molecule has 0 spiro atoms. The van der Waals surface area contributed by atoms with Gasteiger partial charge in [-0.25, -0.2) is 9.97 Å². The molecule has 0 aliphatic heterocycles. The molecule has 1 heterocycles. The van der Waals surface area contributed by atoms with E-state index in [-0.39, 0.29) is 0 Å². The Balaban J connectivity index is 1.69. The van der Waals surface area contributed by atoms with Crippen LogP contribution < -0.4 is 9.47 Å². The molecular weight excluding hydrogens is 364 g/mol. The van der Waals surface area contributed by atoms with E-state index in [9.17, 15) is 0 Å². The first-order valence-corrected chi connectivity index (χ1v) is 10.7. The Morgan fingerprint density at radius 3 is 2.21 bits per heavy atom. The lowest BCUT2D eigenvalue weighted by molar-refractivity contribution is 0.123. The molecule has 1 aromatic heterocycles. The molecule has 5 nitrogen and oxygen atoms in total. The monoisotopic (exact) mass is 398 g/mol. The molecule has 0 bridgehead atoms. The van der Waals surface area contributed by atoms with Gasteiger partial charge in [-0.2, -0.15) is 0 Å². The van der Waals surface area contributed by atoms with Crippen molar-refractivity contribution in [3.05, 3.63) is 48.8 Å². The fourth-order valence-electron chi connectivity index (χ4n) is 2.58. The van der Waals surface area contributed by atoms with Crippen molar-refractivity contribution in [2.45, 2.75) is 52.4 Å². The fourth-order valence-corrected chi connectivity index (χ4v) is 2.58. The van der Waals surface area contributed by atoms with Gasteiger partial charge in [-0.1, -0.05) is 38.8 Å². The van der Waals surface area contributed by atoms with Gasteiger partial charge in [0.25, 0.3) is 0 Å². The first-order chi connectivity index (χ1) is 14.3. The summed E-state index contributed by atoms with van der Waals surface area (Å²) in [6.07, 6.45) is 14.1. The van der Waals surface area contributed by atoms with Crippen LogP contribution in [0, 0.1) is 0 Å². The van der Waals surface area contributed by atoms with Crippen LogP contribution in [0.5, 0.6) is 11.5 Å². The standard InChI is InChI=1S/C24H34N2O3/c1-3-5-7-8-17-29-23-19-25-24(26-20-23)21-11-13-22(14-12-21)28-18-10-9-16-27-15-6-4-2/h7-8,11-14,19-20H,3-6,9-10,15-18H2,1-2H3. The van der Waals surface area contributed by atoms with Crippen LogP contribution in [0.25, 0.3) is 11.4 Å². The largest absolute Gasteiger partial charge is 0.494 e. The average molecular weight is 399 g/mol. The highest BCUT2D eigenvalue weighted by Gasteiger charge is 2.03. The summed E-state index contributed by atoms with van der Waals surface area (Å²) in [5.74, 6) is 2.21. The van der Waals surface area contributed by atoms with E-state index in [0.29, 0.717) is 24.8 Å². The maximum atomic E-state index is 5.79. The van der Waals surface area contributed by atoms with Gasteiger partial charge in [0.05, 0.1) is 19.0 Å². The van der Waals surface area contributed by atoms with Crippen molar-refractivity contribution in [1.82, 2.24) is 9.97 Å². The predicted octanol–water partition coefficient (Wildman–Crippen LogP) is 5.85. The molecule has 0 amide bonds. The second kappa shape index (κ2) is 14.6. The number of nitrogens with zero attached hydrogens (tertiary/aromatic N) is 2. The lowest BCUT2D eigenvalue weighted by atomic mass is 10.2. The topological polar surface area (TPSA) is 53.5 Å². The number of ether oxygens (including phenoxy) is 3. The molecule has 0 fully saturated rings. The van der Waals surface area contributed by atoms with Crippen LogP contribution in [0.2, 0.25) is 0 Å².